The third-order valence-corrected chi connectivity index (χ3v) is 5.41. The summed E-state index contributed by atoms with van der Waals surface area (Å²) in [6.07, 6.45) is 0. The van der Waals surface area contributed by atoms with Crippen LogP contribution in [-0.4, -0.2) is 19.3 Å². The van der Waals surface area contributed by atoms with Crippen LogP contribution < -0.4 is 0 Å². The summed E-state index contributed by atoms with van der Waals surface area (Å²) in [5.41, 5.74) is 0.500. The van der Waals surface area contributed by atoms with Gasteiger partial charge in [0.15, 0.2) is 5.34 Å². The Hall–Kier alpha value is 0.0600. The van der Waals surface area contributed by atoms with Gasteiger partial charge in [0.2, 0.25) is 0 Å². The molecule has 6 heteroatoms. The fourth-order valence-electron chi connectivity index (χ4n) is 1.35. The van der Waals surface area contributed by atoms with Gasteiger partial charge in [-0.3, -0.25) is 4.57 Å². The Morgan fingerprint density at radius 3 is 2.06 bits per heavy atom. The first-order chi connectivity index (χ1) is 7.37. The molecule has 0 fully saturated rings. The molecule has 0 aliphatic rings. The molecule has 0 spiro atoms. The molecular formula is C10H14IO4P. The summed E-state index contributed by atoms with van der Waals surface area (Å²) in [7, 11) is -1.06. The van der Waals surface area contributed by atoms with Crippen LogP contribution >= 0.6 is 30.2 Å². The van der Waals surface area contributed by atoms with Crippen molar-refractivity contribution in [2.75, 3.05) is 14.2 Å². The lowest BCUT2D eigenvalue weighted by atomic mass is 10.1. The molecule has 90 valence electrons. The van der Waals surface area contributed by atoms with Gasteiger partial charge in [0.05, 0.1) is 0 Å². The molecule has 1 aromatic carbocycles. The molecule has 0 unspecified atom stereocenters. The second-order valence-electron chi connectivity index (χ2n) is 3.39. The molecule has 0 aliphatic carbocycles. The summed E-state index contributed by atoms with van der Waals surface area (Å²) in [6.45, 7) is 1.42. The minimum absolute atomic E-state index is 0.500. The molecule has 1 N–H and O–H groups in total. The molecule has 4 nitrogen and oxygen atoms in total. The maximum atomic E-state index is 12.2. The molecule has 0 heterocycles. The van der Waals surface area contributed by atoms with Crippen molar-refractivity contribution < 1.29 is 18.7 Å². The van der Waals surface area contributed by atoms with Crippen LogP contribution in [0.3, 0.4) is 0 Å². The third kappa shape index (κ3) is 2.49. The van der Waals surface area contributed by atoms with Crippen LogP contribution in [-0.2, 0) is 19.0 Å². The van der Waals surface area contributed by atoms with E-state index in [1.54, 1.807) is 12.1 Å². The average Bonchev–Trinajstić information content (AvgIpc) is 2.28. The van der Waals surface area contributed by atoms with Gasteiger partial charge >= 0.3 is 7.60 Å². The first-order valence-corrected chi connectivity index (χ1v) is 7.19. The lowest BCUT2D eigenvalue weighted by molar-refractivity contribution is 0.0932. The molecule has 0 saturated heterocycles. The van der Waals surface area contributed by atoms with E-state index < -0.39 is 12.9 Å². The molecule has 0 saturated carbocycles. The molecule has 1 rings (SSSR count). The quantitative estimate of drug-likeness (QED) is 0.666. The minimum atomic E-state index is -3.57. The van der Waals surface area contributed by atoms with Gasteiger partial charge in [-0.05, 0) is 47.2 Å². The van der Waals surface area contributed by atoms with Crippen molar-refractivity contribution in [1.82, 2.24) is 0 Å². The number of hydrogen-bond acceptors (Lipinski definition) is 4. The molecule has 0 aliphatic heterocycles. The highest BCUT2D eigenvalue weighted by Crippen LogP contribution is 2.62. The Bertz CT molecular complexity index is 394. The van der Waals surface area contributed by atoms with Crippen molar-refractivity contribution in [3.8, 4) is 0 Å². The largest absolute Gasteiger partial charge is 0.373 e. The van der Waals surface area contributed by atoms with Crippen LogP contribution in [0.15, 0.2) is 24.3 Å². The van der Waals surface area contributed by atoms with E-state index in [4.69, 9.17) is 9.05 Å². The van der Waals surface area contributed by atoms with Gasteiger partial charge in [-0.25, -0.2) is 0 Å². The monoisotopic (exact) mass is 356 g/mol. The van der Waals surface area contributed by atoms with E-state index in [0.717, 1.165) is 3.57 Å². The summed E-state index contributed by atoms with van der Waals surface area (Å²) in [5, 5.41) is 8.63. The van der Waals surface area contributed by atoms with Crippen molar-refractivity contribution in [2.45, 2.75) is 12.3 Å². The van der Waals surface area contributed by atoms with E-state index in [1.807, 2.05) is 12.1 Å². The van der Waals surface area contributed by atoms with Gasteiger partial charge in [-0.1, -0.05) is 12.1 Å². The van der Waals surface area contributed by atoms with Crippen LogP contribution in [0.4, 0.5) is 0 Å². The van der Waals surface area contributed by atoms with Crippen molar-refractivity contribution in [3.05, 3.63) is 33.4 Å². The fourth-order valence-corrected chi connectivity index (χ4v) is 3.04. The Labute approximate surface area is 109 Å². The van der Waals surface area contributed by atoms with E-state index in [1.165, 1.54) is 21.1 Å². The van der Waals surface area contributed by atoms with Crippen LogP contribution in [0.2, 0.25) is 0 Å². The smallest absolute Gasteiger partial charge is 0.365 e. The summed E-state index contributed by atoms with van der Waals surface area (Å²) >= 11 is 2.15. The van der Waals surface area contributed by atoms with Gasteiger partial charge in [0, 0.05) is 17.8 Å². The molecule has 0 bridgehead atoms. The second kappa shape index (κ2) is 5.14. The first kappa shape index (κ1) is 14.1. The highest BCUT2D eigenvalue weighted by atomic mass is 127. The van der Waals surface area contributed by atoms with Crippen LogP contribution in [0.5, 0.6) is 0 Å². The highest BCUT2D eigenvalue weighted by molar-refractivity contribution is 14.1. The minimum Gasteiger partial charge on any atom is -0.373 e. The van der Waals surface area contributed by atoms with E-state index in [-0.39, 0.29) is 0 Å². The predicted octanol–water partition coefficient (Wildman–Crippen LogP) is 2.94. The summed E-state index contributed by atoms with van der Waals surface area (Å²) in [4.78, 5) is 0. The molecule has 1 atom stereocenters. The first-order valence-electron chi connectivity index (χ1n) is 4.57. The molecule has 0 aromatic heterocycles. The number of hydrogen-bond donors (Lipinski definition) is 1. The van der Waals surface area contributed by atoms with Gasteiger partial charge < -0.3 is 14.2 Å². The molecule has 0 amide bonds. The molecule has 1 aromatic rings. The van der Waals surface area contributed by atoms with E-state index in [2.05, 4.69) is 22.6 Å². The van der Waals surface area contributed by atoms with Gasteiger partial charge in [-0.15, -0.1) is 0 Å². The Balaban J connectivity index is 3.19. The molecule has 16 heavy (non-hydrogen) atoms. The van der Waals surface area contributed by atoms with Crippen LogP contribution in [0.25, 0.3) is 0 Å². The summed E-state index contributed by atoms with van der Waals surface area (Å²) in [6, 6.07) is 7.04. The molecular weight excluding hydrogens is 342 g/mol. The zero-order chi connectivity index (χ0) is 12.4. The van der Waals surface area contributed by atoms with Gasteiger partial charge in [-0.2, -0.15) is 0 Å². The SMILES string of the molecule is COP(=O)(OC)[C@@](C)(O)c1ccc(I)cc1. The lowest BCUT2D eigenvalue weighted by Crippen LogP contribution is -2.23. The van der Waals surface area contributed by atoms with Gasteiger partial charge in [0.25, 0.3) is 0 Å². The fraction of sp³-hybridized carbons (Fsp3) is 0.400. The van der Waals surface area contributed by atoms with E-state index >= 15 is 0 Å². The maximum Gasteiger partial charge on any atom is 0.365 e. The van der Waals surface area contributed by atoms with Crippen molar-refractivity contribution in [2.24, 2.45) is 0 Å². The number of benzene rings is 1. The topological polar surface area (TPSA) is 55.8 Å². The maximum absolute atomic E-state index is 12.2. The zero-order valence-corrected chi connectivity index (χ0v) is 12.4. The number of rotatable bonds is 4. The Morgan fingerprint density at radius 2 is 1.69 bits per heavy atom. The van der Waals surface area contributed by atoms with E-state index in [0.29, 0.717) is 5.56 Å². The van der Waals surface area contributed by atoms with Crippen LogP contribution in [0, 0.1) is 3.57 Å². The lowest BCUT2D eigenvalue weighted by Gasteiger charge is -2.29. The highest BCUT2D eigenvalue weighted by Gasteiger charge is 2.46. The van der Waals surface area contributed by atoms with E-state index in [9.17, 15) is 9.67 Å². The third-order valence-electron chi connectivity index (χ3n) is 2.41. The average molecular weight is 356 g/mol. The predicted molar refractivity (Wildman–Crippen MR) is 70.4 cm³/mol. The van der Waals surface area contributed by atoms with Crippen molar-refractivity contribution >= 4 is 30.2 Å². The number of aliphatic hydroxyl groups is 1. The van der Waals surface area contributed by atoms with Crippen molar-refractivity contribution in [1.29, 1.82) is 0 Å². The Morgan fingerprint density at radius 1 is 1.25 bits per heavy atom. The second-order valence-corrected chi connectivity index (χ2v) is 7.23. The van der Waals surface area contributed by atoms with Crippen molar-refractivity contribution in [3.63, 3.8) is 0 Å². The number of halogens is 1. The standard InChI is InChI=1S/C10H14IO4P/c1-10(12,16(13,14-2)15-3)8-4-6-9(11)7-5-8/h4-7,12H,1-3H3/t10-/m1/s1. The summed E-state index contributed by atoms with van der Waals surface area (Å²) < 4.78 is 22.8. The normalized spacial score (nSPS) is 15.8. The Kier molecular flexibility index (Phi) is 4.54. The molecule has 0 radical (unpaired) electrons. The van der Waals surface area contributed by atoms with Gasteiger partial charge in [0.1, 0.15) is 0 Å². The summed E-state index contributed by atoms with van der Waals surface area (Å²) in [5.74, 6) is 0. The zero-order valence-electron chi connectivity index (χ0n) is 9.31. The van der Waals surface area contributed by atoms with Crippen LogP contribution in [0.1, 0.15) is 12.5 Å².